The maximum absolute atomic E-state index is 6.23. The van der Waals surface area contributed by atoms with E-state index >= 15 is 0 Å². The molecular formula is C18H17Cl2N5. The van der Waals surface area contributed by atoms with E-state index in [9.17, 15) is 0 Å². The summed E-state index contributed by atoms with van der Waals surface area (Å²) in [5, 5.41) is 7.34. The smallest absolute Gasteiger partial charge is 0.159 e. The van der Waals surface area contributed by atoms with Gasteiger partial charge in [0.25, 0.3) is 0 Å². The molecular weight excluding hydrogens is 357 g/mol. The van der Waals surface area contributed by atoms with Crippen molar-refractivity contribution in [1.82, 2.24) is 9.97 Å². The predicted octanol–water partition coefficient (Wildman–Crippen LogP) is 5.47. The maximum atomic E-state index is 6.23. The van der Waals surface area contributed by atoms with Crippen LogP contribution in [-0.4, -0.2) is 9.97 Å². The second kappa shape index (κ2) is 7.17. The molecule has 3 aromatic rings. The van der Waals surface area contributed by atoms with Gasteiger partial charge in [0, 0.05) is 11.4 Å². The van der Waals surface area contributed by atoms with Gasteiger partial charge in [0.05, 0.1) is 10.0 Å². The van der Waals surface area contributed by atoms with Crippen LogP contribution in [0.25, 0.3) is 0 Å². The van der Waals surface area contributed by atoms with Gasteiger partial charge in [-0.25, -0.2) is 9.97 Å². The van der Waals surface area contributed by atoms with E-state index in [0.717, 1.165) is 22.5 Å². The van der Waals surface area contributed by atoms with Crippen LogP contribution in [0.3, 0.4) is 0 Å². The van der Waals surface area contributed by atoms with E-state index in [1.807, 2.05) is 26.0 Å². The molecule has 0 aliphatic carbocycles. The number of halogens is 2. The molecule has 0 fully saturated rings. The maximum Gasteiger partial charge on any atom is 0.159 e. The first kappa shape index (κ1) is 17.3. The Morgan fingerprint density at radius 1 is 0.880 bits per heavy atom. The Kier molecular flexibility index (Phi) is 4.97. The van der Waals surface area contributed by atoms with Gasteiger partial charge in [0.1, 0.15) is 12.0 Å². The van der Waals surface area contributed by atoms with Crippen molar-refractivity contribution >= 4 is 51.9 Å². The van der Waals surface area contributed by atoms with Crippen molar-refractivity contribution in [3.63, 3.8) is 0 Å². The van der Waals surface area contributed by atoms with E-state index in [2.05, 4.69) is 26.7 Å². The second-order valence-electron chi connectivity index (χ2n) is 5.68. The molecule has 0 amide bonds. The summed E-state index contributed by atoms with van der Waals surface area (Å²) in [7, 11) is 0. The van der Waals surface area contributed by atoms with E-state index in [1.165, 1.54) is 6.33 Å². The number of aromatic nitrogens is 2. The molecule has 1 heterocycles. The van der Waals surface area contributed by atoms with E-state index in [0.29, 0.717) is 27.4 Å². The van der Waals surface area contributed by atoms with Gasteiger partial charge in [0.15, 0.2) is 11.6 Å². The van der Waals surface area contributed by atoms with Crippen molar-refractivity contribution in [2.24, 2.45) is 0 Å². The minimum Gasteiger partial charge on any atom is -0.393 e. The summed E-state index contributed by atoms with van der Waals surface area (Å²) in [6, 6.07) is 11.4. The van der Waals surface area contributed by atoms with Gasteiger partial charge in [-0.15, -0.1) is 0 Å². The molecule has 0 aliphatic heterocycles. The number of aryl methyl sites for hydroxylation is 2. The van der Waals surface area contributed by atoms with Gasteiger partial charge in [-0.3, -0.25) is 0 Å². The first-order valence-corrected chi connectivity index (χ1v) is 8.36. The number of nitrogen functional groups attached to an aromatic ring is 1. The molecule has 0 bridgehead atoms. The summed E-state index contributed by atoms with van der Waals surface area (Å²) in [6.45, 7) is 4.05. The fourth-order valence-corrected chi connectivity index (χ4v) is 2.60. The molecule has 7 heteroatoms. The van der Waals surface area contributed by atoms with E-state index < -0.39 is 0 Å². The zero-order chi connectivity index (χ0) is 18.0. The summed E-state index contributed by atoms with van der Waals surface area (Å²) in [5.74, 6) is 1.02. The van der Waals surface area contributed by atoms with Crippen LogP contribution in [0.15, 0.2) is 42.7 Å². The lowest BCUT2D eigenvalue weighted by molar-refractivity contribution is 1.17. The van der Waals surface area contributed by atoms with Crippen LogP contribution in [0.5, 0.6) is 0 Å². The number of rotatable bonds is 4. The van der Waals surface area contributed by atoms with E-state index in [-0.39, 0.29) is 0 Å². The predicted molar refractivity (Wildman–Crippen MR) is 105 cm³/mol. The van der Waals surface area contributed by atoms with Crippen LogP contribution in [0.1, 0.15) is 11.1 Å². The molecule has 0 radical (unpaired) electrons. The van der Waals surface area contributed by atoms with E-state index in [4.69, 9.17) is 28.9 Å². The fourth-order valence-electron chi connectivity index (χ4n) is 2.30. The van der Waals surface area contributed by atoms with Crippen molar-refractivity contribution in [2.75, 3.05) is 16.4 Å². The SMILES string of the molecule is Cc1ccc(C)c(Nc2ncnc(Nc3ccc(Cl)c(Cl)c3)c2N)c1. The van der Waals surface area contributed by atoms with Gasteiger partial charge in [-0.2, -0.15) is 0 Å². The molecule has 0 atom stereocenters. The minimum atomic E-state index is 0.412. The number of nitrogens with one attached hydrogen (secondary N) is 2. The second-order valence-corrected chi connectivity index (χ2v) is 6.50. The summed E-state index contributed by atoms with van der Waals surface area (Å²) < 4.78 is 0. The van der Waals surface area contributed by atoms with Gasteiger partial charge < -0.3 is 16.4 Å². The van der Waals surface area contributed by atoms with Gasteiger partial charge >= 0.3 is 0 Å². The van der Waals surface area contributed by atoms with Crippen LogP contribution in [0, 0.1) is 13.8 Å². The molecule has 25 heavy (non-hydrogen) atoms. The molecule has 0 saturated carbocycles. The summed E-state index contributed by atoms with van der Waals surface area (Å²) >= 11 is 12.0. The number of hydrogen-bond donors (Lipinski definition) is 3. The standard InChI is InChI=1S/C18H17Cl2N5/c1-10-3-4-11(2)15(7-10)25-18-16(21)17(22-9-23-18)24-12-5-6-13(19)14(20)8-12/h3-9H,21H2,1-2H3,(H2,22,23,24,25). The van der Waals surface area contributed by atoms with Crippen molar-refractivity contribution < 1.29 is 0 Å². The molecule has 4 N–H and O–H groups in total. The Labute approximate surface area is 156 Å². The average Bonchev–Trinajstić information content (AvgIpc) is 2.58. The Morgan fingerprint density at radius 2 is 1.60 bits per heavy atom. The lowest BCUT2D eigenvalue weighted by atomic mass is 10.1. The highest BCUT2D eigenvalue weighted by Crippen LogP contribution is 2.31. The first-order chi connectivity index (χ1) is 11.9. The molecule has 5 nitrogen and oxygen atoms in total. The molecule has 1 aromatic heterocycles. The quantitative estimate of drug-likeness (QED) is 0.565. The molecule has 0 spiro atoms. The van der Waals surface area contributed by atoms with Crippen molar-refractivity contribution in [3.05, 3.63) is 63.9 Å². The van der Waals surface area contributed by atoms with Gasteiger partial charge in [-0.05, 0) is 49.2 Å². The third kappa shape index (κ3) is 3.95. The summed E-state index contributed by atoms with van der Waals surface area (Å²) in [5.41, 5.74) is 10.6. The zero-order valence-corrected chi connectivity index (χ0v) is 15.3. The highest BCUT2D eigenvalue weighted by atomic mass is 35.5. The van der Waals surface area contributed by atoms with Crippen molar-refractivity contribution in [3.8, 4) is 0 Å². The Bertz CT molecular complexity index is 927. The van der Waals surface area contributed by atoms with Crippen LogP contribution in [0.4, 0.5) is 28.7 Å². The normalized spacial score (nSPS) is 10.6. The third-order valence-electron chi connectivity index (χ3n) is 3.71. The van der Waals surface area contributed by atoms with Crippen LogP contribution in [-0.2, 0) is 0 Å². The number of anilines is 5. The molecule has 128 valence electrons. The summed E-state index contributed by atoms with van der Waals surface area (Å²) in [4.78, 5) is 8.45. The van der Waals surface area contributed by atoms with Crippen LogP contribution < -0.4 is 16.4 Å². The lowest BCUT2D eigenvalue weighted by Gasteiger charge is -2.14. The molecule has 3 rings (SSSR count). The molecule has 0 saturated heterocycles. The van der Waals surface area contributed by atoms with Crippen LogP contribution in [0.2, 0.25) is 10.0 Å². The highest BCUT2D eigenvalue weighted by Gasteiger charge is 2.10. The topological polar surface area (TPSA) is 75.9 Å². The van der Waals surface area contributed by atoms with Crippen LogP contribution >= 0.6 is 23.2 Å². The number of nitrogens with zero attached hydrogens (tertiary/aromatic N) is 2. The molecule has 2 aromatic carbocycles. The Hall–Kier alpha value is -2.50. The minimum absolute atomic E-state index is 0.412. The van der Waals surface area contributed by atoms with Gasteiger partial charge in [-0.1, -0.05) is 35.3 Å². The number of hydrogen-bond acceptors (Lipinski definition) is 5. The number of nitrogens with two attached hydrogens (primary N) is 1. The zero-order valence-electron chi connectivity index (χ0n) is 13.8. The highest BCUT2D eigenvalue weighted by molar-refractivity contribution is 6.42. The van der Waals surface area contributed by atoms with E-state index in [1.54, 1.807) is 18.2 Å². The first-order valence-electron chi connectivity index (χ1n) is 7.61. The van der Waals surface area contributed by atoms with Crippen molar-refractivity contribution in [1.29, 1.82) is 0 Å². The molecule has 0 unspecified atom stereocenters. The lowest BCUT2D eigenvalue weighted by Crippen LogP contribution is -2.06. The Balaban J connectivity index is 1.89. The third-order valence-corrected chi connectivity index (χ3v) is 4.45. The average molecular weight is 374 g/mol. The molecule has 0 aliphatic rings. The van der Waals surface area contributed by atoms with Crippen molar-refractivity contribution in [2.45, 2.75) is 13.8 Å². The Morgan fingerprint density at radius 3 is 2.32 bits per heavy atom. The largest absolute Gasteiger partial charge is 0.393 e. The summed E-state index contributed by atoms with van der Waals surface area (Å²) in [6.07, 6.45) is 1.45. The monoisotopic (exact) mass is 373 g/mol. The van der Waals surface area contributed by atoms with Gasteiger partial charge in [0.2, 0.25) is 0 Å². The fraction of sp³-hybridized carbons (Fsp3) is 0.111. The number of benzene rings is 2.